The van der Waals surface area contributed by atoms with Crippen molar-refractivity contribution < 1.29 is 42.1 Å². The molecule has 0 radical (unpaired) electrons. The van der Waals surface area contributed by atoms with Gasteiger partial charge in [0, 0.05) is 12.8 Å². The number of carbonyl (C=O) groups excluding carboxylic acids is 2. The van der Waals surface area contributed by atoms with Crippen molar-refractivity contribution in [1.82, 2.24) is 0 Å². The highest BCUT2D eigenvalue weighted by atomic mass is 31.2. The van der Waals surface area contributed by atoms with E-state index in [1.165, 1.54) is 154 Å². The predicted molar refractivity (Wildman–Crippen MR) is 287 cm³/mol. The number of allylic oxidation sites excluding steroid dienone is 8. The second-order valence-corrected chi connectivity index (χ2v) is 21.7. The van der Waals surface area contributed by atoms with E-state index in [1.807, 2.05) is 21.1 Å². The van der Waals surface area contributed by atoms with Crippen molar-refractivity contribution in [3.05, 3.63) is 48.6 Å². The first-order valence-electron chi connectivity index (χ1n) is 28.3. The van der Waals surface area contributed by atoms with Crippen LogP contribution >= 0.6 is 7.82 Å². The first-order chi connectivity index (χ1) is 33.0. The van der Waals surface area contributed by atoms with Gasteiger partial charge in [0.25, 0.3) is 7.82 Å². The van der Waals surface area contributed by atoms with E-state index in [9.17, 15) is 19.0 Å². The van der Waals surface area contributed by atoms with E-state index in [-0.39, 0.29) is 26.1 Å². The number of hydrogen-bond donors (Lipinski definition) is 0. The molecule has 0 saturated carbocycles. The summed E-state index contributed by atoms with van der Waals surface area (Å²) in [6.45, 7) is 4.22. The Morgan fingerprint density at radius 2 is 0.794 bits per heavy atom. The van der Waals surface area contributed by atoms with Gasteiger partial charge in [-0.15, -0.1) is 0 Å². The summed E-state index contributed by atoms with van der Waals surface area (Å²) >= 11 is 0. The first kappa shape index (κ1) is 66.0. The largest absolute Gasteiger partial charge is 0.756 e. The van der Waals surface area contributed by atoms with Gasteiger partial charge in [-0.2, -0.15) is 0 Å². The SMILES string of the molecule is CCCCCC/C=C\CCCCCCCC(=O)OCC(COP(=O)([O-])OCC[N+](C)(C)C)OC(=O)CCCCCCCCCCCCCCCCCC/C=C\C/C=C\C/C=C\CCCCCCC. The molecule has 0 N–H and O–H groups in total. The van der Waals surface area contributed by atoms with E-state index in [4.69, 9.17) is 18.5 Å². The number of hydrogen-bond acceptors (Lipinski definition) is 8. The van der Waals surface area contributed by atoms with Gasteiger partial charge < -0.3 is 27.9 Å². The Labute approximate surface area is 420 Å². The molecule has 0 bridgehead atoms. The van der Waals surface area contributed by atoms with Crippen LogP contribution in [0.3, 0.4) is 0 Å². The first-order valence-corrected chi connectivity index (χ1v) is 29.8. The summed E-state index contributed by atoms with van der Waals surface area (Å²) in [4.78, 5) is 37.7. The molecule has 0 aliphatic heterocycles. The Bertz CT molecular complexity index is 1290. The molecule has 2 unspecified atom stereocenters. The Kier molecular flexibility index (Phi) is 48.4. The lowest BCUT2D eigenvalue weighted by molar-refractivity contribution is -0.870. The zero-order valence-corrected chi connectivity index (χ0v) is 45.9. The zero-order valence-electron chi connectivity index (χ0n) is 45.1. The maximum absolute atomic E-state index is 12.8. The number of likely N-dealkylation sites (N-methyl/N-ethyl adjacent to an activating group) is 1. The van der Waals surface area contributed by atoms with Crippen LogP contribution in [0.25, 0.3) is 0 Å². The van der Waals surface area contributed by atoms with Crippen LogP contribution in [0, 0.1) is 0 Å². The van der Waals surface area contributed by atoms with E-state index in [1.54, 1.807) is 0 Å². The lowest BCUT2D eigenvalue weighted by Gasteiger charge is -2.28. The number of esters is 2. The summed E-state index contributed by atoms with van der Waals surface area (Å²) in [5.41, 5.74) is 0. The molecule has 0 aliphatic rings. The van der Waals surface area contributed by atoms with Crippen LogP contribution in [-0.4, -0.2) is 70.0 Å². The van der Waals surface area contributed by atoms with Gasteiger partial charge in [0.05, 0.1) is 27.7 Å². The summed E-state index contributed by atoms with van der Waals surface area (Å²) in [5.74, 6) is -0.837. The number of ether oxygens (including phenoxy) is 2. The molecule has 0 spiro atoms. The van der Waals surface area contributed by atoms with E-state index >= 15 is 0 Å². The number of phosphoric ester groups is 1. The molecular formula is C58H108NO8P. The molecule has 9 nitrogen and oxygen atoms in total. The highest BCUT2D eigenvalue weighted by Crippen LogP contribution is 2.38. The second kappa shape index (κ2) is 49.9. The summed E-state index contributed by atoms with van der Waals surface area (Å²) in [7, 11) is 1.17. The van der Waals surface area contributed by atoms with Gasteiger partial charge in [-0.3, -0.25) is 14.2 Å². The third-order valence-electron chi connectivity index (χ3n) is 12.3. The average molecular weight is 978 g/mol. The molecule has 0 aliphatic carbocycles. The fourth-order valence-corrected chi connectivity index (χ4v) is 8.62. The van der Waals surface area contributed by atoms with Crippen molar-refractivity contribution in [2.75, 3.05) is 47.5 Å². The maximum atomic E-state index is 12.8. The van der Waals surface area contributed by atoms with Crippen LogP contribution < -0.4 is 4.89 Å². The van der Waals surface area contributed by atoms with E-state index in [0.717, 1.165) is 70.6 Å². The topological polar surface area (TPSA) is 111 Å². The van der Waals surface area contributed by atoms with Crippen molar-refractivity contribution in [3.63, 3.8) is 0 Å². The number of carbonyl (C=O) groups is 2. The van der Waals surface area contributed by atoms with Gasteiger partial charge in [0.15, 0.2) is 6.10 Å². The molecule has 10 heteroatoms. The smallest absolute Gasteiger partial charge is 0.306 e. The fourth-order valence-electron chi connectivity index (χ4n) is 7.89. The quantitative estimate of drug-likeness (QED) is 0.0195. The molecule has 0 aromatic rings. The van der Waals surface area contributed by atoms with Gasteiger partial charge in [0.2, 0.25) is 0 Å². The molecule has 2 atom stereocenters. The second-order valence-electron chi connectivity index (χ2n) is 20.3. The summed E-state index contributed by atoms with van der Waals surface area (Å²) in [5, 5.41) is 0. The van der Waals surface area contributed by atoms with Crippen molar-refractivity contribution >= 4 is 19.8 Å². The number of unbranched alkanes of at least 4 members (excludes halogenated alkanes) is 30. The molecule has 0 fully saturated rings. The van der Waals surface area contributed by atoms with Crippen molar-refractivity contribution in [1.29, 1.82) is 0 Å². The molecule has 398 valence electrons. The minimum atomic E-state index is -4.63. The van der Waals surface area contributed by atoms with Gasteiger partial charge in [0.1, 0.15) is 19.8 Å². The predicted octanol–water partition coefficient (Wildman–Crippen LogP) is 16.7. The maximum Gasteiger partial charge on any atom is 0.306 e. The number of quaternary nitrogens is 1. The number of rotatable bonds is 52. The zero-order chi connectivity index (χ0) is 49.9. The van der Waals surface area contributed by atoms with E-state index < -0.39 is 32.5 Å². The Morgan fingerprint density at radius 3 is 1.21 bits per heavy atom. The minimum absolute atomic E-state index is 0.0318. The Morgan fingerprint density at radius 1 is 0.456 bits per heavy atom. The van der Waals surface area contributed by atoms with Crippen LogP contribution in [0.4, 0.5) is 0 Å². The number of nitrogens with zero attached hydrogens (tertiary/aromatic N) is 1. The lowest BCUT2D eigenvalue weighted by Crippen LogP contribution is -2.37. The Balaban J connectivity index is 4.06. The summed E-state index contributed by atoms with van der Waals surface area (Å²) in [6, 6.07) is 0. The molecule has 68 heavy (non-hydrogen) atoms. The normalized spacial score (nSPS) is 13.7. The summed E-state index contributed by atoms with van der Waals surface area (Å²) < 4.78 is 34.1. The molecular weight excluding hydrogens is 870 g/mol. The van der Waals surface area contributed by atoms with Gasteiger partial charge in [-0.25, -0.2) is 0 Å². The van der Waals surface area contributed by atoms with Crippen LogP contribution in [0.2, 0.25) is 0 Å². The molecule has 0 rings (SSSR count). The summed E-state index contributed by atoms with van der Waals surface area (Å²) in [6.07, 6.45) is 61.6. The van der Waals surface area contributed by atoms with Gasteiger partial charge >= 0.3 is 11.9 Å². The molecule has 0 amide bonds. The van der Waals surface area contributed by atoms with E-state index in [0.29, 0.717) is 17.4 Å². The highest BCUT2D eigenvalue weighted by molar-refractivity contribution is 7.45. The highest BCUT2D eigenvalue weighted by Gasteiger charge is 2.21. The molecule has 0 saturated heterocycles. The number of phosphoric acid groups is 1. The lowest BCUT2D eigenvalue weighted by atomic mass is 10.0. The van der Waals surface area contributed by atoms with Gasteiger partial charge in [-0.05, 0) is 77.0 Å². The van der Waals surface area contributed by atoms with Crippen LogP contribution in [0.5, 0.6) is 0 Å². The van der Waals surface area contributed by atoms with Crippen LogP contribution in [-0.2, 0) is 32.7 Å². The molecule has 0 aromatic carbocycles. The van der Waals surface area contributed by atoms with Crippen LogP contribution in [0.15, 0.2) is 48.6 Å². The third kappa shape index (κ3) is 53.3. The standard InChI is InChI=1S/C58H108NO8P/c1-6-8-10-12-14-16-18-20-21-22-23-24-25-26-27-28-29-30-31-32-33-34-35-36-37-39-41-43-45-47-49-51-58(61)67-56(55-66-68(62,63)65-53-52-59(3,4)5)54-64-57(60)50-48-46-44-42-40-38-19-17-15-13-11-9-7-2/h17-20,22-23,25-26,56H,6-16,21,24,27-55H2,1-5H3/b19-17-,20-18-,23-22-,26-25-. The monoisotopic (exact) mass is 978 g/mol. The van der Waals surface area contributed by atoms with Crippen molar-refractivity contribution in [2.24, 2.45) is 0 Å². The third-order valence-corrected chi connectivity index (χ3v) is 13.3. The molecule has 0 aromatic heterocycles. The van der Waals surface area contributed by atoms with Gasteiger partial charge in [-0.1, -0.05) is 217 Å². The van der Waals surface area contributed by atoms with Crippen molar-refractivity contribution in [2.45, 2.75) is 264 Å². The Hall–Kier alpha value is -2.03. The van der Waals surface area contributed by atoms with E-state index in [2.05, 4.69) is 62.5 Å². The van der Waals surface area contributed by atoms with Crippen LogP contribution in [0.1, 0.15) is 258 Å². The minimum Gasteiger partial charge on any atom is -0.756 e. The average Bonchev–Trinajstić information content (AvgIpc) is 3.30. The molecule has 0 heterocycles. The van der Waals surface area contributed by atoms with Crippen molar-refractivity contribution in [3.8, 4) is 0 Å². The fraction of sp³-hybridized carbons (Fsp3) is 0.828.